The van der Waals surface area contributed by atoms with E-state index in [1.165, 1.54) is 0 Å². The number of rotatable bonds is 6. The van der Waals surface area contributed by atoms with Crippen molar-refractivity contribution in [2.45, 2.75) is 51.4 Å². The van der Waals surface area contributed by atoms with Gasteiger partial charge in [-0.05, 0) is 64.4 Å². The molecule has 0 aliphatic carbocycles. The Morgan fingerprint density at radius 1 is 1.27 bits per heavy atom. The molecular formula is C22H29N3O5. The number of likely N-dealkylation sites (tertiary alicyclic amines) is 1. The molecule has 2 fully saturated rings. The van der Waals surface area contributed by atoms with E-state index in [1.807, 2.05) is 20.8 Å². The van der Waals surface area contributed by atoms with Gasteiger partial charge in [-0.15, -0.1) is 0 Å². The van der Waals surface area contributed by atoms with E-state index in [2.05, 4.69) is 11.0 Å². The molecule has 0 saturated carbocycles. The third kappa shape index (κ3) is 6.18. The lowest BCUT2D eigenvalue weighted by molar-refractivity contribution is -0.163. The average molecular weight is 415 g/mol. The monoisotopic (exact) mass is 415 g/mol. The molecule has 0 N–H and O–H groups in total. The van der Waals surface area contributed by atoms with Crippen LogP contribution in [-0.2, 0) is 19.0 Å². The topological polar surface area (TPSA) is 92.1 Å². The molecule has 2 saturated heterocycles. The maximum absolute atomic E-state index is 12.3. The second kappa shape index (κ2) is 9.45. The predicted molar refractivity (Wildman–Crippen MR) is 110 cm³/mol. The van der Waals surface area contributed by atoms with E-state index < -0.39 is 5.60 Å². The van der Waals surface area contributed by atoms with E-state index >= 15 is 0 Å². The van der Waals surface area contributed by atoms with Crippen LogP contribution in [0.3, 0.4) is 0 Å². The van der Waals surface area contributed by atoms with Crippen molar-refractivity contribution in [2.24, 2.45) is 0 Å². The summed E-state index contributed by atoms with van der Waals surface area (Å²) in [5.41, 5.74) is 0.749. The maximum Gasteiger partial charge on any atom is 0.414 e. The van der Waals surface area contributed by atoms with E-state index in [-0.39, 0.29) is 30.9 Å². The Kier molecular flexibility index (Phi) is 6.95. The SMILES string of the molecule is CC(C)(C)OC(=O)COC1CCCN(CC2CN(c3ccc(C#N)cc3)C(=O)O2)C1. The first-order chi connectivity index (χ1) is 14.2. The van der Waals surface area contributed by atoms with Gasteiger partial charge in [-0.1, -0.05) is 0 Å². The van der Waals surface area contributed by atoms with E-state index in [0.717, 1.165) is 25.1 Å². The van der Waals surface area contributed by atoms with Gasteiger partial charge in [0.05, 0.1) is 24.3 Å². The summed E-state index contributed by atoms with van der Waals surface area (Å²) in [6.45, 7) is 8.10. The molecule has 1 aromatic rings. The molecule has 2 heterocycles. The highest BCUT2D eigenvalue weighted by Gasteiger charge is 2.34. The molecule has 2 atom stereocenters. The van der Waals surface area contributed by atoms with Crippen LogP contribution >= 0.6 is 0 Å². The lowest BCUT2D eigenvalue weighted by Crippen LogP contribution is -2.44. The van der Waals surface area contributed by atoms with Gasteiger partial charge < -0.3 is 14.2 Å². The molecule has 2 aliphatic heterocycles. The first-order valence-electron chi connectivity index (χ1n) is 10.3. The van der Waals surface area contributed by atoms with E-state index in [9.17, 15) is 9.59 Å². The minimum atomic E-state index is -0.522. The standard InChI is InChI=1S/C22H29N3O5/c1-22(2,3)30-20(26)15-28-18-5-4-10-24(12-18)13-19-14-25(21(27)29-19)17-8-6-16(11-23)7-9-17/h6-9,18-19H,4-5,10,12-15H2,1-3H3. The highest BCUT2D eigenvalue weighted by molar-refractivity contribution is 5.89. The summed E-state index contributed by atoms with van der Waals surface area (Å²) in [5.74, 6) is -0.359. The van der Waals surface area contributed by atoms with E-state index in [4.69, 9.17) is 19.5 Å². The largest absolute Gasteiger partial charge is 0.458 e. The van der Waals surface area contributed by atoms with Crippen molar-refractivity contribution in [1.29, 1.82) is 5.26 Å². The van der Waals surface area contributed by atoms with Crippen molar-refractivity contribution in [3.05, 3.63) is 29.8 Å². The Bertz CT molecular complexity index is 796. The third-order valence-corrected chi connectivity index (χ3v) is 4.96. The number of hydrogen-bond acceptors (Lipinski definition) is 7. The zero-order chi connectivity index (χ0) is 21.7. The minimum absolute atomic E-state index is 0.0435. The number of carbonyl (C=O) groups is 2. The molecule has 0 bridgehead atoms. The Morgan fingerprint density at radius 3 is 2.67 bits per heavy atom. The van der Waals surface area contributed by atoms with Gasteiger partial charge >= 0.3 is 12.1 Å². The smallest absolute Gasteiger partial charge is 0.414 e. The van der Waals surface area contributed by atoms with Crippen LogP contribution < -0.4 is 4.90 Å². The van der Waals surface area contributed by atoms with Crippen molar-refractivity contribution < 1.29 is 23.8 Å². The first kappa shape index (κ1) is 22.1. The van der Waals surface area contributed by atoms with Crippen molar-refractivity contribution in [3.63, 3.8) is 0 Å². The zero-order valence-corrected chi connectivity index (χ0v) is 17.8. The van der Waals surface area contributed by atoms with Crippen LogP contribution in [-0.4, -0.2) is 67.6 Å². The van der Waals surface area contributed by atoms with Crippen LogP contribution in [0.25, 0.3) is 0 Å². The maximum atomic E-state index is 12.3. The van der Waals surface area contributed by atoms with Gasteiger partial charge in [-0.3, -0.25) is 9.80 Å². The van der Waals surface area contributed by atoms with Crippen molar-refractivity contribution >= 4 is 17.7 Å². The summed E-state index contributed by atoms with van der Waals surface area (Å²) in [4.78, 5) is 27.9. The number of anilines is 1. The molecule has 3 rings (SSSR count). The lowest BCUT2D eigenvalue weighted by Gasteiger charge is -2.33. The number of piperidine rings is 1. The van der Waals surface area contributed by atoms with Crippen LogP contribution in [0, 0.1) is 11.3 Å². The van der Waals surface area contributed by atoms with E-state index in [0.29, 0.717) is 25.2 Å². The van der Waals surface area contributed by atoms with Gasteiger partial charge in [0.2, 0.25) is 0 Å². The molecule has 0 radical (unpaired) electrons. The Labute approximate surface area is 177 Å². The van der Waals surface area contributed by atoms with Gasteiger partial charge in [0, 0.05) is 18.8 Å². The third-order valence-electron chi connectivity index (χ3n) is 4.96. The summed E-state index contributed by atoms with van der Waals surface area (Å²) in [5, 5.41) is 8.91. The summed E-state index contributed by atoms with van der Waals surface area (Å²) in [6.07, 6.45) is 1.19. The number of cyclic esters (lactones) is 1. The number of benzene rings is 1. The second-order valence-corrected chi connectivity index (χ2v) is 8.70. The molecule has 0 spiro atoms. The molecule has 2 unspecified atom stereocenters. The van der Waals surface area contributed by atoms with Crippen LogP contribution in [0.5, 0.6) is 0 Å². The Balaban J connectivity index is 1.47. The minimum Gasteiger partial charge on any atom is -0.458 e. The fourth-order valence-electron chi connectivity index (χ4n) is 3.70. The molecule has 8 heteroatoms. The van der Waals surface area contributed by atoms with Gasteiger partial charge in [-0.2, -0.15) is 5.26 Å². The summed E-state index contributed by atoms with van der Waals surface area (Å²) in [7, 11) is 0. The summed E-state index contributed by atoms with van der Waals surface area (Å²) in [6, 6.07) is 8.95. The fourth-order valence-corrected chi connectivity index (χ4v) is 3.70. The highest BCUT2D eigenvalue weighted by Crippen LogP contribution is 2.23. The number of carbonyl (C=O) groups excluding carboxylic acids is 2. The lowest BCUT2D eigenvalue weighted by atomic mass is 10.1. The normalized spacial score (nSPS) is 22.5. The van der Waals surface area contributed by atoms with Crippen LogP contribution in [0.4, 0.5) is 10.5 Å². The number of ether oxygens (including phenoxy) is 3. The summed E-state index contributed by atoms with van der Waals surface area (Å²) >= 11 is 0. The fraction of sp³-hybridized carbons (Fsp3) is 0.591. The number of nitrogens with zero attached hydrogens (tertiary/aromatic N) is 3. The number of hydrogen-bond donors (Lipinski definition) is 0. The molecular weight excluding hydrogens is 386 g/mol. The predicted octanol–water partition coefficient (Wildman–Crippen LogP) is 2.71. The van der Waals surface area contributed by atoms with Gasteiger partial charge in [0.15, 0.2) is 0 Å². The molecule has 1 aromatic carbocycles. The number of esters is 1. The quantitative estimate of drug-likeness (QED) is 0.660. The number of nitriles is 1. The highest BCUT2D eigenvalue weighted by atomic mass is 16.6. The molecule has 0 aromatic heterocycles. The van der Waals surface area contributed by atoms with Crippen molar-refractivity contribution in [3.8, 4) is 6.07 Å². The van der Waals surface area contributed by atoms with Crippen LogP contribution in [0.1, 0.15) is 39.2 Å². The van der Waals surface area contributed by atoms with Gasteiger partial charge in [0.1, 0.15) is 18.3 Å². The Hall–Kier alpha value is -2.63. The van der Waals surface area contributed by atoms with Crippen molar-refractivity contribution in [2.75, 3.05) is 37.7 Å². The zero-order valence-electron chi connectivity index (χ0n) is 17.8. The molecule has 8 nitrogen and oxygen atoms in total. The Morgan fingerprint density at radius 2 is 2.00 bits per heavy atom. The molecule has 162 valence electrons. The first-order valence-corrected chi connectivity index (χ1v) is 10.3. The van der Waals surface area contributed by atoms with Gasteiger partial charge in [-0.25, -0.2) is 9.59 Å². The summed E-state index contributed by atoms with van der Waals surface area (Å²) < 4.78 is 16.6. The molecule has 1 amide bonds. The molecule has 30 heavy (non-hydrogen) atoms. The van der Waals surface area contributed by atoms with E-state index in [1.54, 1.807) is 29.2 Å². The van der Waals surface area contributed by atoms with Crippen LogP contribution in [0.2, 0.25) is 0 Å². The average Bonchev–Trinajstić information content (AvgIpc) is 3.05. The molecule has 2 aliphatic rings. The van der Waals surface area contributed by atoms with Crippen LogP contribution in [0.15, 0.2) is 24.3 Å². The number of amides is 1. The van der Waals surface area contributed by atoms with Crippen molar-refractivity contribution in [1.82, 2.24) is 4.90 Å². The second-order valence-electron chi connectivity index (χ2n) is 8.70. The van der Waals surface area contributed by atoms with Gasteiger partial charge in [0.25, 0.3) is 0 Å².